The molecular weight excluding hydrogens is 602 g/mol. The lowest BCUT2D eigenvalue weighted by atomic mass is 9.84. The molecule has 2 aromatic rings. The molecule has 0 radical (unpaired) electrons. The van der Waals surface area contributed by atoms with Crippen molar-refractivity contribution in [1.82, 2.24) is 10.2 Å². The number of alkyl halides is 6. The fourth-order valence-electron chi connectivity index (χ4n) is 5.49. The zero-order chi connectivity index (χ0) is 34.0. The minimum atomic E-state index is -5.99. The number of ether oxygens (including phenoxy) is 1. The van der Waals surface area contributed by atoms with E-state index in [0.29, 0.717) is 31.2 Å². The zero-order valence-electron chi connectivity index (χ0n) is 26.5. The van der Waals surface area contributed by atoms with Crippen LogP contribution >= 0.6 is 0 Å². The summed E-state index contributed by atoms with van der Waals surface area (Å²) in [6.45, 7) is 11.5. The highest BCUT2D eigenvalue weighted by atomic mass is 19.4. The van der Waals surface area contributed by atoms with Crippen LogP contribution in [0, 0.1) is 0 Å². The number of hydrogen-bond acceptors (Lipinski definition) is 4. The molecule has 0 spiro atoms. The molecule has 1 aliphatic rings. The third-order valence-electron chi connectivity index (χ3n) is 8.15. The van der Waals surface area contributed by atoms with Gasteiger partial charge in [-0.2, -0.15) is 26.3 Å². The molecule has 0 saturated carbocycles. The van der Waals surface area contributed by atoms with Crippen molar-refractivity contribution in [2.24, 2.45) is 0 Å². The topological polar surface area (TPSA) is 78.9 Å². The lowest BCUT2D eigenvalue weighted by Gasteiger charge is -2.33. The minimum absolute atomic E-state index is 0.0464. The van der Waals surface area contributed by atoms with Crippen LogP contribution in [0.4, 0.5) is 31.1 Å². The number of nitrogens with zero attached hydrogens (tertiary/aromatic N) is 1. The number of aryl methyl sites for hydroxylation is 2. The van der Waals surface area contributed by atoms with Crippen molar-refractivity contribution in [2.45, 2.75) is 109 Å². The maximum absolute atomic E-state index is 13.6. The Kier molecular flexibility index (Phi) is 10.6. The molecule has 3 rings (SSSR count). The van der Waals surface area contributed by atoms with Gasteiger partial charge in [-0.25, -0.2) is 4.79 Å². The highest BCUT2D eigenvalue weighted by molar-refractivity contribution is 6.07. The second-order valence-corrected chi connectivity index (χ2v) is 12.7. The molecule has 1 aliphatic heterocycles. The molecule has 0 aliphatic carbocycles. The maximum atomic E-state index is 13.6. The predicted octanol–water partition coefficient (Wildman–Crippen LogP) is 7.83. The number of halogens is 6. The van der Waals surface area contributed by atoms with Gasteiger partial charge in [0.05, 0.1) is 6.61 Å². The SMILES string of the molecule is CCCc1cc(C(O)(C(F)(F)F)C(F)(F)F)cc(CCC)c1OCCCCN1C(=O)NC(C)(c2ccc(C(C)(C)C)cc2)C1=O. The number of benzene rings is 2. The van der Waals surface area contributed by atoms with Gasteiger partial charge in [0.15, 0.2) is 0 Å². The largest absolute Gasteiger partial charge is 0.493 e. The molecule has 2 aromatic carbocycles. The minimum Gasteiger partial charge on any atom is -0.493 e. The van der Waals surface area contributed by atoms with Crippen molar-refractivity contribution in [3.05, 3.63) is 64.2 Å². The average Bonchev–Trinajstić information content (AvgIpc) is 3.15. The number of unbranched alkanes of at least 4 members (excludes halogenated alkanes) is 1. The Bertz CT molecular complexity index is 1320. The summed E-state index contributed by atoms with van der Waals surface area (Å²) in [5, 5.41) is 12.8. The first kappa shape index (κ1) is 36.2. The fraction of sp³-hybridized carbons (Fsp3) is 0.576. The van der Waals surface area contributed by atoms with Gasteiger partial charge in [-0.1, -0.05) is 71.7 Å². The smallest absolute Gasteiger partial charge is 0.430 e. The third kappa shape index (κ3) is 7.26. The van der Waals surface area contributed by atoms with Gasteiger partial charge in [0.2, 0.25) is 0 Å². The fourth-order valence-corrected chi connectivity index (χ4v) is 5.49. The van der Waals surface area contributed by atoms with E-state index in [4.69, 9.17) is 4.74 Å². The highest BCUT2D eigenvalue weighted by Crippen LogP contribution is 2.51. The summed E-state index contributed by atoms with van der Waals surface area (Å²) >= 11 is 0. The Hall–Kier alpha value is -3.28. The predicted molar refractivity (Wildman–Crippen MR) is 158 cm³/mol. The number of urea groups is 1. The van der Waals surface area contributed by atoms with Gasteiger partial charge in [0.25, 0.3) is 11.5 Å². The molecule has 1 heterocycles. The van der Waals surface area contributed by atoms with Crippen LogP contribution in [0.25, 0.3) is 0 Å². The zero-order valence-corrected chi connectivity index (χ0v) is 26.5. The summed E-state index contributed by atoms with van der Waals surface area (Å²) in [7, 11) is 0. The van der Waals surface area contributed by atoms with Crippen LogP contribution in [0.1, 0.15) is 95.0 Å². The molecule has 0 bridgehead atoms. The summed E-state index contributed by atoms with van der Waals surface area (Å²) in [5.41, 5.74) is -5.64. The van der Waals surface area contributed by atoms with Crippen molar-refractivity contribution >= 4 is 11.9 Å². The Morgan fingerprint density at radius 1 is 0.844 bits per heavy atom. The molecule has 12 heteroatoms. The Morgan fingerprint density at radius 2 is 1.36 bits per heavy atom. The van der Waals surface area contributed by atoms with Crippen LogP contribution in [-0.2, 0) is 34.2 Å². The number of imide groups is 1. The van der Waals surface area contributed by atoms with Crippen molar-refractivity contribution in [3.8, 4) is 5.75 Å². The van der Waals surface area contributed by atoms with Gasteiger partial charge in [-0.15, -0.1) is 0 Å². The second kappa shape index (κ2) is 13.2. The van der Waals surface area contributed by atoms with E-state index in [1.807, 2.05) is 24.3 Å². The highest BCUT2D eigenvalue weighted by Gasteiger charge is 2.71. The van der Waals surface area contributed by atoms with Gasteiger partial charge >= 0.3 is 18.4 Å². The van der Waals surface area contributed by atoms with Crippen molar-refractivity contribution in [3.63, 3.8) is 0 Å². The Labute approximate surface area is 260 Å². The molecule has 3 amide bonds. The number of rotatable bonds is 12. The number of aliphatic hydroxyl groups is 1. The molecule has 1 fully saturated rings. The van der Waals surface area contributed by atoms with Gasteiger partial charge in [-0.05, 0) is 72.4 Å². The molecule has 1 saturated heterocycles. The molecule has 6 nitrogen and oxygen atoms in total. The maximum Gasteiger partial charge on any atom is 0.430 e. The number of carbonyl (C=O) groups excluding carboxylic acids is 2. The van der Waals surface area contributed by atoms with E-state index in [-0.39, 0.29) is 48.3 Å². The Balaban J connectivity index is 1.74. The van der Waals surface area contributed by atoms with E-state index in [1.165, 1.54) is 0 Å². The van der Waals surface area contributed by atoms with Gasteiger partial charge in [0.1, 0.15) is 11.3 Å². The van der Waals surface area contributed by atoms with Crippen LogP contribution in [0.3, 0.4) is 0 Å². The van der Waals surface area contributed by atoms with Gasteiger partial charge in [0, 0.05) is 12.1 Å². The van der Waals surface area contributed by atoms with Crippen molar-refractivity contribution < 1.29 is 45.8 Å². The van der Waals surface area contributed by atoms with E-state index in [0.717, 1.165) is 22.6 Å². The summed E-state index contributed by atoms with van der Waals surface area (Å²) in [6, 6.07) is 8.43. The molecule has 0 aromatic heterocycles. The monoisotopic (exact) mass is 644 g/mol. The van der Waals surface area contributed by atoms with Gasteiger partial charge < -0.3 is 15.2 Å². The number of hydrogen-bond donors (Lipinski definition) is 2. The number of nitrogens with one attached hydrogen (secondary N) is 1. The normalized spacial score (nSPS) is 18.0. The lowest BCUT2D eigenvalue weighted by Crippen LogP contribution is -2.54. The lowest BCUT2D eigenvalue weighted by molar-refractivity contribution is -0.376. The number of amides is 3. The summed E-state index contributed by atoms with van der Waals surface area (Å²) in [6.07, 6.45) is -10.2. The Morgan fingerprint density at radius 3 is 1.80 bits per heavy atom. The summed E-state index contributed by atoms with van der Waals surface area (Å²) in [5.74, 6) is -0.208. The van der Waals surface area contributed by atoms with E-state index < -0.39 is 41.0 Å². The van der Waals surface area contributed by atoms with Crippen LogP contribution in [0.2, 0.25) is 0 Å². The molecular formula is C33H42F6N2O4. The summed E-state index contributed by atoms with van der Waals surface area (Å²) < 4.78 is 87.8. The van der Waals surface area contributed by atoms with E-state index >= 15 is 0 Å². The van der Waals surface area contributed by atoms with E-state index in [9.17, 15) is 41.0 Å². The van der Waals surface area contributed by atoms with Crippen LogP contribution in [0.5, 0.6) is 5.75 Å². The average molecular weight is 645 g/mol. The second-order valence-electron chi connectivity index (χ2n) is 12.7. The van der Waals surface area contributed by atoms with Gasteiger partial charge in [-0.3, -0.25) is 9.69 Å². The molecule has 250 valence electrons. The van der Waals surface area contributed by atoms with Crippen molar-refractivity contribution in [2.75, 3.05) is 13.2 Å². The molecule has 1 unspecified atom stereocenters. The van der Waals surface area contributed by atoms with Crippen molar-refractivity contribution in [1.29, 1.82) is 0 Å². The van der Waals surface area contributed by atoms with Crippen LogP contribution in [-0.4, -0.2) is 47.4 Å². The van der Waals surface area contributed by atoms with E-state index in [2.05, 4.69) is 26.1 Å². The molecule has 45 heavy (non-hydrogen) atoms. The first-order valence-corrected chi connectivity index (χ1v) is 15.1. The molecule has 1 atom stereocenters. The van der Waals surface area contributed by atoms with Crippen LogP contribution in [0.15, 0.2) is 36.4 Å². The summed E-state index contributed by atoms with van der Waals surface area (Å²) in [4.78, 5) is 27.2. The number of carbonyl (C=O) groups is 2. The molecule has 2 N–H and O–H groups in total. The quantitative estimate of drug-likeness (QED) is 0.140. The van der Waals surface area contributed by atoms with E-state index in [1.54, 1.807) is 20.8 Å². The van der Waals surface area contributed by atoms with Crippen LogP contribution < -0.4 is 10.1 Å². The first-order chi connectivity index (χ1) is 20.7. The third-order valence-corrected chi connectivity index (χ3v) is 8.15. The first-order valence-electron chi connectivity index (χ1n) is 15.1. The standard InChI is InChI=1S/C33H42F6N2O4/c1-7-11-21-19-25(31(44,32(34,35)36)33(37,38)39)20-22(12-8-2)26(21)45-18-10-9-17-41-27(42)30(6,40-28(41)43)24-15-13-23(14-16-24)29(3,4)5/h13-16,19-20,44H,7-12,17-18H2,1-6H3,(H,40,43).